The first-order chi connectivity index (χ1) is 7.72. The summed E-state index contributed by atoms with van der Waals surface area (Å²) in [5, 5.41) is 6.03. The van der Waals surface area contributed by atoms with Crippen LogP contribution in [0.1, 0.15) is 39.0 Å². The predicted molar refractivity (Wildman–Crippen MR) is 61.0 cm³/mol. The molecule has 1 saturated heterocycles. The lowest BCUT2D eigenvalue weighted by Gasteiger charge is -2.29. The van der Waals surface area contributed by atoms with Gasteiger partial charge in [0.1, 0.15) is 6.04 Å². The number of nitrogens with one attached hydrogen (secondary N) is 2. The van der Waals surface area contributed by atoms with Gasteiger partial charge in [-0.15, -0.1) is 0 Å². The first-order valence-electron chi connectivity index (χ1n) is 6.30. The van der Waals surface area contributed by atoms with Crippen LogP contribution in [0.5, 0.6) is 0 Å². The lowest BCUT2D eigenvalue weighted by atomic mass is 10.0. The number of piperazine rings is 1. The van der Waals surface area contributed by atoms with Crippen LogP contribution in [0.3, 0.4) is 0 Å². The largest absolute Gasteiger partial charge is 0.344 e. The summed E-state index contributed by atoms with van der Waals surface area (Å²) < 4.78 is 0. The first kappa shape index (κ1) is 11.6. The van der Waals surface area contributed by atoms with E-state index in [1.54, 1.807) is 0 Å². The number of rotatable bonds is 5. The van der Waals surface area contributed by atoms with Crippen LogP contribution in [0, 0.1) is 5.92 Å². The Morgan fingerprint density at radius 2 is 2.19 bits per heavy atom. The summed E-state index contributed by atoms with van der Waals surface area (Å²) in [6.07, 6.45) is 5.02. The molecule has 4 heteroatoms. The predicted octanol–water partition coefficient (Wildman–Crippen LogP) is 0.612. The van der Waals surface area contributed by atoms with Crippen molar-refractivity contribution in [1.82, 2.24) is 10.6 Å². The second-order valence-corrected chi connectivity index (χ2v) is 4.84. The van der Waals surface area contributed by atoms with E-state index in [0.717, 1.165) is 32.1 Å². The van der Waals surface area contributed by atoms with Gasteiger partial charge in [-0.25, -0.2) is 0 Å². The molecule has 2 rings (SSSR count). The number of Topliss-reactive ketones (excluding diaryl/α,β-unsaturated/α-hetero) is 1. The summed E-state index contributed by atoms with van der Waals surface area (Å²) in [5.74, 6) is 0.438. The van der Waals surface area contributed by atoms with Gasteiger partial charge in [0.2, 0.25) is 5.91 Å². The van der Waals surface area contributed by atoms with Crippen LogP contribution in [0.15, 0.2) is 0 Å². The van der Waals surface area contributed by atoms with E-state index >= 15 is 0 Å². The Kier molecular flexibility index (Phi) is 3.59. The van der Waals surface area contributed by atoms with Gasteiger partial charge >= 0.3 is 0 Å². The average molecular weight is 224 g/mol. The maximum Gasteiger partial charge on any atom is 0.237 e. The molecule has 0 radical (unpaired) electrons. The Labute approximate surface area is 96.2 Å². The summed E-state index contributed by atoms with van der Waals surface area (Å²) in [5.41, 5.74) is 0. The molecule has 0 aromatic rings. The quantitative estimate of drug-likeness (QED) is 0.719. The highest BCUT2D eigenvalue weighted by Crippen LogP contribution is 2.31. The van der Waals surface area contributed by atoms with Crippen LogP contribution >= 0.6 is 0 Å². The molecule has 16 heavy (non-hydrogen) atoms. The van der Waals surface area contributed by atoms with Crippen LogP contribution in [-0.4, -0.2) is 30.3 Å². The zero-order chi connectivity index (χ0) is 11.5. The fourth-order valence-corrected chi connectivity index (χ4v) is 2.14. The Bertz CT molecular complexity index is 287. The topological polar surface area (TPSA) is 58.2 Å². The number of hydrogen-bond donors (Lipinski definition) is 2. The van der Waals surface area contributed by atoms with Crippen molar-refractivity contribution in [3.8, 4) is 0 Å². The van der Waals surface area contributed by atoms with Crippen molar-refractivity contribution in [2.24, 2.45) is 5.92 Å². The highest BCUT2D eigenvalue weighted by atomic mass is 16.2. The number of ketones is 1. The fourth-order valence-electron chi connectivity index (χ4n) is 2.14. The third-order valence-corrected chi connectivity index (χ3v) is 3.37. The SMILES string of the molecule is CCCC[C@@H]1NC[C@H](C(=O)C2CC2)NC1=O. The van der Waals surface area contributed by atoms with Crippen LogP contribution in [0.2, 0.25) is 0 Å². The van der Waals surface area contributed by atoms with Crippen LogP contribution in [-0.2, 0) is 9.59 Å². The molecule has 0 aromatic heterocycles. The van der Waals surface area contributed by atoms with Gasteiger partial charge in [0.05, 0.1) is 6.04 Å². The van der Waals surface area contributed by atoms with E-state index in [-0.39, 0.29) is 29.7 Å². The van der Waals surface area contributed by atoms with Gasteiger partial charge in [0, 0.05) is 12.5 Å². The Balaban J connectivity index is 1.81. The monoisotopic (exact) mass is 224 g/mol. The van der Waals surface area contributed by atoms with Gasteiger partial charge in [-0.05, 0) is 19.3 Å². The van der Waals surface area contributed by atoms with Crippen LogP contribution < -0.4 is 10.6 Å². The molecule has 2 atom stereocenters. The molecule has 0 unspecified atom stereocenters. The van der Waals surface area contributed by atoms with Crippen LogP contribution in [0.4, 0.5) is 0 Å². The normalized spacial score (nSPS) is 29.9. The van der Waals surface area contributed by atoms with E-state index in [2.05, 4.69) is 17.6 Å². The van der Waals surface area contributed by atoms with Gasteiger partial charge in [0.25, 0.3) is 0 Å². The third-order valence-electron chi connectivity index (χ3n) is 3.37. The van der Waals surface area contributed by atoms with Crippen molar-refractivity contribution in [3.05, 3.63) is 0 Å². The number of hydrogen-bond acceptors (Lipinski definition) is 3. The van der Waals surface area contributed by atoms with E-state index in [1.807, 2.05) is 0 Å². The Morgan fingerprint density at radius 1 is 1.44 bits per heavy atom. The fraction of sp³-hybridized carbons (Fsp3) is 0.833. The zero-order valence-corrected chi connectivity index (χ0v) is 9.79. The molecule has 4 nitrogen and oxygen atoms in total. The molecule has 2 aliphatic rings. The summed E-state index contributed by atoms with van der Waals surface area (Å²) in [6, 6.07) is -0.374. The minimum absolute atomic E-state index is 0.00120. The standard InChI is InChI=1S/C12H20N2O2/c1-2-3-4-9-12(16)14-10(7-13-9)11(15)8-5-6-8/h8-10,13H,2-7H2,1H3,(H,14,16)/t9-,10+/m0/s1. The molecule has 1 saturated carbocycles. The number of carbonyl (C=O) groups is 2. The molecule has 1 aliphatic heterocycles. The Hall–Kier alpha value is -0.900. The zero-order valence-electron chi connectivity index (χ0n) is 9.79. The molecular formula is C12H20N2O2. The molecule has 0 bridgehead atoms. The maximum atomic E-state index is 11.8. The molecule has 0 aromatic carbocycles. The Morgan fingerprint density at radius 3 is 2.75 bits per heavy atom. The third kappa shape index (κ3) is 2.61. The molecule has 0 spiro atoms. The molecule has 90 valence electrons. The van der Waals surface area contributed by atoms with Gasteiger partial charge in [-0.1, -0.05) is 19.8 Å². The molecular weight excluding hydrogens is 204 g/mol. The van der Waals surface area contributed by atoms with Crippen molar-refractivity contribution in [1.29, 1.82) is 0 Å². The molecule has 1 amide bonds. The van der Waals surface area contributed by atoms with E-state index < -0.39 is 0 Å². The van der Waals surface area contributed by atoms with Crippen LogP contribution in [0.25, 0.3) is 0 Å². The van der Waals surface area contributed by atoms with Crippen molar-refractivity contribution >= 4 is 11.7 Å². The summed E-state index contributed by atoms with van der Waals surface area (Å²) in [7, 11) is 0. The molecule has 2 N–H and O–H groups in total. The van der Waals surface area contributed by atoms with Gasteiger partial charge in [-0.3, -0.25) is 9.59 Å². The highest BCUT2D eigenvalue weighted by molar-refractivity contribution is 5.94. The summed E-state index contributed by atoms with van der Waals surface area (Å²) in [4.78, 5) is 23.5. The van der Waals surface area contributed by atoms with Gasteiger partial charge in [-0.2, -0.15) is 0 Å². The molecule has 1 heterocycles. The summed E-state index contributed by atoms with van der Waals surface area (Å²) in [6.45, 7) is 2.72. The number of carbonyl (C=O) groups excluding carboxylic acids is 2. The smallest absolute Gasteiger partial charge is 0.237 e. The van der Waals surface area contributed by atoms with Crippen molar-refractivity contribution in [2.75, 3.05) is 6.54 Å². The second-order valence-electron chi connectivity index (χ2n) is 4.84. The van der Waals surface area contributed by atoms with Crippen molar-refractivity contribution in [3.63, 3.8) is 0 Å². The van der Waals surface area contributed by atoms with Crippen molar-refractivity contribution in [2.45, 2.75) is 51.1 Å². The van der Waals surface area contributed by atoms with E-state index in [4.69, 9.17) is 0 Å². The average Bonchev–Trinajstić information content (AvgIpc) is 3.10. The number of unbranched alkanes of at least 4 members (excludes halogenated alkanes) is 1. The van der Waals surface area contributed by atoms with E-state index in [0.29, 0.717) is 6.54 Å². The number of amides is 1. The minimum atomic E-state index is -0.280. The lowest BCUT2D eigenvalue weighted by molar-refractivity contribution is -0.131. The first-order valence-corrected chi connectivity index (χ1v) is 6.30. The van der Waals surface area contributed by atoms with E-state index in [9.17, 15) is 9.59 Å². The van der Waals surface area contributed by atoms with Crippen molar-refractivity contribution < 1.29 is 9.59 Å². The van der Waals surface area contributed by atoms with E-state index in [1.165, 1.54) is 0 Å². The second kappa shape index (κ2) is 4.95. The maximum absolute atomic E-state index is 11.8. The molecule has 2 fully saturated rings. The highest BCUT2D eigenvalue weighted by Gasteiger charge is 2.38. The van der Waals surface area contributed by atoms with Gasteiger partial charge in [0.15, 0.2) is 5.78 Å². The minimum Gasteiger partial charge on any atom is -0.344 e. The molecule has 1 aliphatic carbocycles. The van der Waals surface area contributed by atoms with Gasteiger partial charge < -0.3 is 10.6 Å². The summed E-state index contributed by atoms with van der Waals surface area (Å²) >= 11 is 0. The lowest BCUT2D eigenvalue weighted by Crippen LogP contribution is -2.61.